The zero-order chi connectivity index (χ0) is 11.8. The maximum Gasteiger partial charge on any atom is 0.368 e. The predicted octanol–water partition coefficient (Wildman–Crippen LogP) is 2.76. The number of nitrogens with zero attached hydrogens (tertiary/aromatic N) is 1. The van der Waals surface area contributed by atoms with Crippen LogP contribution in [0.5, 0.6) is 0 Å². The molecule has 84 valence electrons. The molecule has 7 heteroatoms. The van der Waals surface area contributed by atoms with E-state index in [0.717, 1.165) is 10.5 Å². The summed E-state index contributed by atoms with van der Waals surface area (Å²) in [6.45, 7) is 0. The summed E-state index contributed by atoms with van der Waals surface area (Å²) in [5, 5.41) is 2.69. The zero-order valence-electron chi connectivity index (χ0n) is 7.72. The summed E-state index contributed by atoms with van der Waals surface area (Å²) in [7, 11) is -4.84. The van der Waals surface area contributed by atoms with Gasteiger partial charge in [-0.1, -0.05) is 37.1 Å². The Kier molecular flexibility index (Phi) is 2.81. The molecule has 0 atom stereocenters. The summed E-state index contributed by atoms with van der Waals surface area (Å²) in [6, 6.07) is 8.01. The first-order chi connectivity index (χ1) is 7.47. The molecule has 0 amide bonds. The fourth-order valence-corrected chi connectivity index (χ4v) is 1.94. The lowest BCUT2D eigenvalue weighted by molar-refractivity contribution is 0.334. The molecule has 2 rings (SSSR count). The number of hydrogen-bond donors (Lipinski definition) is 0. The first kappa shape index (κ1) is 11.3. The zero-order valence-corrected chi connectivity index (χ0v) is 10.1. The molecular formula is C9H5BrFNO3S. The van der Waals surface area contributed by atoms with E-state index >= 15 is 0 Å². The molecule has 16 heavy (non-hydrogen) atoms. The fraction of sp³-hybridized carbons (Fsp3) is 0. The first-order valence-corrected chi connectivity index (χ1v) is 6.32. The standard InChI is InChI=1S/C9H5BrFNO3S/c10-7-3-1-2-6(4-7)8-5-9(15-12-8)16(11,13)14/h1-5H. The average Bonchev–Trinajstić information content (AvgIpc) is 2.65. The van der Waals surface area contributed by atoms with Gasteiger partial charge in [0.05, 0.1) is 0 Å². The molecule has 0 bridgehead atoms. The maximum absolute atomic E-state index is 12.6. The molecular weight excluding hydrogens is 301 g/mol. The van der Waals surface area contributed by atoms with E-state index in [-0.39, 0.29) is 5.69 Å². The molecule has 1 heterocycles. The molecule has 0 N–H and O–H groups in total. The van der Waals surface area contributed by atoms with Crippen molar-refractivity contribution < 1.29 is 16.8 Å². The second kappa shape index (κ2) is 3.99. The van der Waals surface area contributed by atoms with Crippen molar-refractivity contribution in [2.24, 2.45) is 0 Å². The van der Waals surface area contributed by atoms with Crippen molar-refractivity contribution >= 4 is 26.2 Å². The van der Waals surface area contributed by atoms with Crippen LogP contribution in [0.2, 0.25) is 0 Å². The van der Waals surface area contributed by atoms with Crippen LogP contribution in [-0.4, -0.2) is 13.6 Å². The molecule has 0 unspecified atom stereocenters. The lowest BCUT2D eigenvalue weighted by Crippen LogP contribution is -1.87. The SMILES string of the molecule is O=S(=O)(F)c1cc(-c2cccc(Br)c2)no1. The third-order valence-electron chi connectivity index (χ3n) is 1.85. The van der Waals surface area contributed by atoms with Crippen molar-refractivity contribution in [1.82, 2.24) is 5.16 Å². The Balaban J connectivity index is 2.47. The van der Waals surface area contributed by atoms with Crippen molar-refractivity contribution in [1.29, 1.82) is 0 Å². The van der Waals surface area contributed by atoms with Gasteiger partial charge in [0, 0.05) is 16.1 Å². The van der Waals surface area contributed by atoms with Crippen LogP contribution in [0.25, 0.3) is 11.3 Å². The van der Waals surface area contributed by atoms with Gasteiger partial charge in [0.1, 0.15) is 5.69 Å². The Morgan fingerprint density at radius 3 is 2.62 bits per heavy atom. The maximum atomic E-state index is 12.6. The molecule has 0 fully saturated rings. The molecule has 1 aromatic carbocycles. The van der Waals surface area contributed by atoms with Crippen LogP contribution in [0.15, 0.2) is 44.4 Å². The Morgan fingerprint density at radius 2 is 2.06 bits per heavy atom. The van der Waals surface area contributed by atoms with Crippen molar-refractivity contribution in [3.63, 3.8) is 0 Å². The van der Waals surface area contributed by atoms with Crippen molar-refractivity contribution in [2.75, 3.05) is 0 Å². The van der Waals surface area contributed by atoms with Crippen LogP contribution in [0, 0.1) is 0 Å². The van der Waals surface area contributed by atoms with Gasteiger partial charge in [0.25, 0.3) is 5.09 Å². The number of rotatable bonds is 2. The predicted molar refractivity (Wildman–Crippen MR) is 57.9 cm³/mol. The van der Waals surface area contributed by atoms with Gasteiger partial charge in [-0.25, -0.2) is 0 Å². The quantitative estimate of drug-likeness (QED) is 0.801. The van der Waals surface area contributed by atoms with Crippen LogP contribution >= 0.6 is 15.9 Å². The fourth-order valence-electron chi connectivity index (χ4n) is 1.16. The Morgan fingerprint density at radius 1 is 1.31 bits per heavy atom. The van der Waals surface area contributed by atoms with Gasteiger partial charge < -0.3 is 4.52 Å². The first-order valence-electron chi connectivity index (χ1n) is 4.14. The minimum Gasteiger partial charge on any atom is -0.341 e. The van der Waals surface area contributed by atoms with E-state index in [4.69, 9.17) is 0 Å². The van der Waals surface area contributed by atoms with Gasteiger partial charge in [-0.15, -0.1) is 0 Å². The van der Waals surface area contributed by atoms with E-state index in [1.165, 1.54) is 0 Å². The molecule has 0 spiro atoms. The minimum atomic E-state index is -4.84. The molecule has 0 aliphatic carbocycles. The van der Waals surface area contributed by atoms with Gasteiger partial charge >= 0.3 is 10.2 Å². The molecule has 2 aromatic rings. The van der Waals surface area contributed by atoms with Crippen LogP contribution in [-0.2, 0) is 10.2 Å². The second-order valence-electron chi connectivity index (χ2n) is 2.98. The van der Waals surface area contributed by atoms with Crippen molar-refractivity contribution in [3.8, 4) is 11.3 Å². The highest BCUT2D eigenvalue weighted by Gasteiger charge is 2.19. The van der Waals surface area contributed by atoms with Gasteiger partial charge in [0.2, 0.25) is 0 Å². The summed E-state index contributed by atoms with van der Waals surface area (Å²) in [5.41, 5.74) is 0.894. The van der Waals surface area contributed by atoms with E-state index < -0.39 is 15.3 Å². The van der Waals surface area contributed by atoms with Gasteiger partial charge in [0.15, 0.2) is 0 Å². The van der Waals surface area contributed by atoms with E-state index in [9.17, 15) is 12.3 Å². The second-order valence-corrected chi connectivity index (χ2v) is 5.17. The number of halogens is 2. The average molecular weight is 306 g/mol. The molecule has 1 aromatic heterocycles. The van der Waals surface area contributed by atoms with Crippen LogP contribution in [0.1, 0.15) is 0 Å². The largest absolute Gasteiger partial charge is 0.368 e. The molecule has 0 aliphatic heterocycles. The Bertz CT molecular complexity index is 623. The number of aromatic nitrogens is 1. The number of hydrogen-bond acceptors (Lipinski definition) is 4. The highest BCUT2D eigenvalue weighted by atomic mass is 79.9. The van der Waals surface area contributed by atoms with Gasteiger partial charge in [-0.2, -0.15) is 8.42 Å². The minimum absolute atomic E-state index is 0.262. The number of benzene rings is 1. The summed E-state index contributed by atoms with van der Waals surface area (Å²) in [4.78, 5) is 0. The van der Waals surface area contributed by atoms with Crippen LogP contribution in [0.4, 0.5) is 3.89 Å². The monoisotopic (exact) mass is 305 g/mol. The van der Waals surface area contributed by atoms with E-state index in [2.05, 4.69) is 25.6 Å². The molecule has 0 saturated carbocycles. The van der Waals surface area contributed by atoms with Crippen LogP contribution in [0.3, 0.4) is 0 Å². The molecule has 0 aliphatic rings. The topological polar surface area (TPSA) is 60.2 Å². The molecule has 4 nitrogen and oxygen atoms in total. The van der Waals surface area contributed by atoms with E-state index in [1.54, 1.807) is 24.3 Å². The third kappa shape index (κ3) is 2.30. The van der Waals surface area contributed by atoms with Gasteiger partial charge in [-0.3, -0.25) is 0 Å². The normalized spacial score (nSPS) is 11.6. The van der Waals surface area contributed by atoms with E-state index in [1.807, 2.05) is 0 Å². The smallest absolute Gasteiger partial charge is 0.341 e. The Hall–Kier alpha value is -1.21. The summed E-state index contributed by atoms with van der Waals surface area (Å²) in [5.74, 6) is 0. The third-order valence-corrected chi connectivity index (χ3v) is 3.02. The Labute approximate surface area is 99.4 Å². The summed E-state index contributed by atoms with van der Waals surface area (Å²) >= 11 is 3.26. The lowest BCUT2D eigenvalue weighted by Gasteiger charge is -1.94. The summed E-state index contributed by atoms with van der Waals surface area (Å²) in [6.07, 6.45) is 0. The highest BCUT2D eigenvalue weighted by Crippen LogP contribution is 2.24. The van der Waals surface area contributed by atoms with E-state index in [0.29, 0.717) is 5.56 Å². The molecule has 0 saturated heterocycles. The van der Waals surface area contributed by atoms with Gasteiger partial charge in [-0.05, 0) is 12.1 Å². The van der Waals surface area contributed by atoms with Crippen LogP contribution < -0.4 is 0 Å². The highest BCUT2D eigenvalue weighted by molar-refractivity contribution is 9.10. The summed E-state index contributed by atoms with van der Waals surface area (Å²) < 4.78 is 38.8. The van der Waals surface area contributed by atoms with Crippen molar-refractivity contribution in [2.45, 2.75) is 5.09 Å². The van der Waals surface area contributed by atoms with Crippen molar-refractivity contribution in [3.05, 3.63) is 34.8 Å². The molecule has 0 radical (unpaired) electrons. The lowest BCUT2D eigenvalue weighted by atomic mass is 10.2.